The van der Waals surface area contributed by atoms with E-state index in [0.29, 0.717) is 6.61 Å². The van der Waals surface area contributed by atoms with Crippen LogP contribution in [0.2, 0.25) is 0 Å². The SMILES string of the molecule is CCOC(=O)[C@H]1N[C@@H]2CC[C@H]1[C@@H](O)[C@H]2O. The van der Waals surface area contributed by atoms with Gasteiger partial charge in [0.25, 0.3) is 0 Å². The third-order valence-corrected chi connectivity index (χ3v) is 3.37. The standard InChI is InChI=1S/C10H17NO4/c1-2-15-10(14)7-5-3-4-6(11-7)9(13)8(5)12/h5-9,11-13H,2-4H2,1H3/t5-,6-,7+,8-,9+/m1/s1. The number of hydrogen-bond donors (Lipinski definition) is 3. The number of rotatable bonds is 2. The average molecular weight is 215 g/mol. The number of carbonyl (C=O) groups is 1. The number of nitrogens with one attached hydrogen (secondary N) is 1. The van der Waals surface area contributed by atoms with E-state index in [0.717, 1.165) is 12.8 Å². The van der Waals surface area contributed by atoms with E-state index in [1.165, 1.54) is 0 Å². The van der Waals surface area contributed by atoms with Gasteiger partial charge in [-0.25, -0.2) is 0 Å². The lowest BCUT2D eigenvalue weighted by molar-refractivity contribution is -0.161. The molecule has 1 saturated carbocycles. The summed E-state index contributed by atoms with van der Waals surface area (Å²) < 4.78 is 4.92. The van der Waals surface area contributed by atoms with Crippen LogP contribution in [-0.2, 0) is 9.53 Å². The topological polar surface area (TPSA) is 78.8 Å². The molecular weight excluding hydrogens is 198 g/mol. The molecule has 1 aliphatic carbocycles. The fraction of sp³-hybridized carbons (Fsp3) is 0.900. The zero-order valence-electron chi connectivity index (χ0n) is 8.72. The molecule has 15 heavy (non-hydrogen) atoms. The van der Waals surface area contributed by atoms with Gasteiger partial charge in [-0.05, 0) is 19.8 Å². The fourth-order valence-electron chi connectivity index (χ4n) is 2.58. The number of ether oxygens (including phenoxy) is 1. The summed E-state index contributed by atoms with van der Waals surface area (Å²) in [6.45, 7) is 2.09. The molecule has 86 valence electrons. The predicted molar refractivity (Wildman–Crippen MR) is 52.1 cm³/mol. The molecule has 0 spiro atoms. The third-order valence-electron chi connectivity index (χ3n) is 3.37. The Kier molecular flexibility index (Phi) is 2.95. The van der Waals surface area contributed by atoms with E-state index in [2.05, 4.69) is 5.32 Å². The van der Waals surface area contributed by atoms with Crippen molar-refractivity contribution in [2.24, 2.45) is 5.92 Å². The van der Waals surface area contributed by atoms with Crippen molar-refractivity contribution >= 4 is 5.97 Å². The van der Waals surface area contributed by atoms with Crippen LogP contribution >= 0.6 is 0 Å². The van der Waals surface area contributed by atoms with Crippen molar-refractivity contribution in [3.63, 3.8) is 0 Å². The van der Waals surface area contributed by atoms with Crippen molar-refractivity contribution in [1.82, 2.24) is 5.32 Å². The van der Waals surface area contributed by atoms with Gasteiger partial charge >= 0.3 is 5.97 Å². The molecule has 3 aliphatic rings. The lowest BCUT2D eigenvalue weighted by Gasteiger charge is -2.48. The Bertz CT molecular complexity index is 256. The zero-order chi connectivity index (χ0) is 11.0. The molecule has 0 radical (unpaired) electrons. The van der Waals surface area contributed by atoms with Crippen LogP contribution in [0.5, 0.6) is 0 Å². The first-order chi connectivity index (χ1) is 7.15. The third kappa shape index (κ3) is 1.75. The molecule has 0 unspecified atom stereocenters. The summed E-state index contributed by atoms with van der Waals surface area (Å²) in [5.41, 5.74) is 0. The minimum atomic E-state index is -0.806. The van der Waals surface area contributed by atoms with Crippen LogP contribution in [0.15, 0.2) is 0 Å². The van der Waals surface area contributed by atoms with E-state index in [1.807, 2.05) is 0 Å². The van der Waals surface area contributed by atoms with E-state index in [-0.39, 0.29) is 17.9 Å². The Balaban J connectivity index is 2.07. The van der Waals surface area contributed by atoms with Gasteiger partial charge in [-0.3, -0.25) is 10.1 Å². The Morgan fingerprint density at radius 3 is 2.73 bits per heavy atom. The second-order valence-corrected chi connectivity index (χ2v) is 4.23. The summed E-state index contributed by atoms with van der Waals surface area (Å²) in [5.74, 6) is -0.540. The van der Waals surface area contributed by atoms with Crippen molar-refractivity contribution in [1.29, 1.82) is 0 Å². The number of aliphatic hydroxyl groups is 2. The maximum Gasteiger partial charge on any atom is 0.323 e. The van der Waals surface area contributed by atoms with Gasteiger partial charge in [0.05, 0.1) is 18.8 Å². The smallest absolute Gasteiger partial charge is 0.323 e. The largest absolute Gasteiger partial charge is 0.465 e. The van der Waals surface area contributed by atoms with E-state index in [9.17, 15) is 15.0 Å². The summed E-state index contributed by atoms with van der Waals surface area (Å²) in [6.07, 6.45) is 0.00637. The highest BCUT2D eigenvalue weighted by Gasteiger charge is 2.50. The van der Waals surface area contributed by atoms with Crippen molar-refractivity contribution in [2.75, 3.05) is 6.61 Å². The summed E-state index contributed by atoms with van der Waals surface area (Å²) >= 11 is 0. The Labute approximate surface area is 88.4 Å². The van der Waals surface area contributed by atoms with Crippen LogP contribution in [0, 0.1) is 5.92 Å². The van der Waals surface area contributed by atoms with Gasteiger partial charge in [-0.15, -0.1) is 0 Å². The molecule has 5 heteroatoms. The predicted octanol–water partition coefficient (Wildman–Crippen LogP) is -0.978. The first-order valence-corrected chi connectivity index (χ1v) is 5.44. The van der Waals surface area contributed by atoms with Crippen LogP contribution in [0.1, 0.15) is 19.8 Å². The van der Waals surface area contributed by atoms with E-state index >= 15 is 0 Å². The zero-order valence-corrected chi connectivity index (χ0v) is 8.72. The first kappa shape index (κ1) is 10.9. The molecule has 3 N–H and O–H groups in total. The monoisotopic (exact) mass is 215 g/mol. The molecule has 3 fully saturated rings. The van der Waals surface area contributed by atoms with Crippen LogP contribution in [-0.4, -0.2) is 47.1 Å². The summed E-state index contributed by atoms with van der Waals surface area (Å²) in [5, 5.41) is 22.4. The summed E-state index contributed by atoms with van der Waals surface area (Å²) in [4.78, 5) is 11.6. The van der Waals surface area contributed by atoms with Crippen LogP contribution in [0.3, 0.4) is 0 Å². The second-order valence-electron chi connectivity index (χ2n) is 4.23. The summed E-state index contributed by atoms with van der Waals surface area (Å²) in [7, 11) is 0. The number of fused-ring (bicyclic) bond motifs is 3. The van der Waals surface area contributed by atoms with Crippen LogP contribution in [0.4, 0.5) is 0 Å². The van der Waals surface area contributed by atoms with Crippen LogP contribution in [0.25, 0.3) is 0 Å². The molecule has 2 saturated heterocycles. The minimum absolute atomic E-state index is 0.181. The lowest BCUT2D eigenvalue weighted by atomic mass is 9.72. The molecule has 0 aromatic heterocycles. The van der Waals surface area contributed by atoms with Crippen molar-refractivity contribution in [2.45, 2.75) is 44.1 Å². The highest BCUT2D eigenvalue weighted by atomic mass is 16.5. The molecule has 0 amide bonds. The Morgan fingerprint density at radius 1 is 1.40 bits per heavy atom. The number of hydrogen-bond acceptors (Lipinski definition) is 5. The molecule has 2 bridgehead atoms. The van der Waals surface area contributed by atoms with Gasteiger partial charge in [0.15, 0.2) is 0 Å². The van der Waals surface area contributed by atoms with E-state index < -0.39 is 18.2 Å². The molecule has 2 heterocycles. The molecule has 3 rings (SSSR count). The maximum atomic E-state index is 11.6. The van der Waals surface area contributed by atoms with E-state index in [4.69, 9.17) is 4.74 Å². The molecule has 5 nitrogen and oxygen atoms in total. The number of aliphatic hydroxyl groups excluding tert-OH is 2. The highest BCUT2D eigenvalue weighted by molar-refractivity contribution is 5.76. The van der Waals surface area contributed by atoms with Crippen molar-refractivity contribution in [3.05, 3.63) is 0 Å². The number of esters is 1. The van der Waals surface area contributed by atoms with Gasteiger partial charge in [-0.1, -0.05) is 0 Å². The number of piperidine rings is 2. The minimum Gasteiger partial charge on any atom is -0.465 e. The average Bonchev–Trinajstić information content (AvgIpc) is 2.25. The first-order valence-electron chi connectivity index (χ1n) is 5.44. The van der Waals surface area contributed by atoms with Crippen molar-refractivity contribution in [3.8, 4) is 0 Å². The normalized spacial score (nSPS) is 44.1. The maximum absolute atomic E-state index is 11.6. The fourth-order valence-corrected chi connectivity index (χ4v) is 2.58. The van der Waals surface area contributed by atoms with E-state index in [1.54, 1.807) is 6.92 Å². The molecular formula is C10H17NO4. The van der Waals surface area contributed by atoms with Gasteiger partial charge in [0.1, 0.15) is 6.04 Å². The van der Waals surface area contributed by atoms with Gasteiger partial charge < -0.3 is 14.9 Å². The Morgan fingerprint density at radius 2 is 2.13 bits per heavy atom. The van der Waals surface area contributed by atoms with Gasteiger partial charge in [-0.2, -0.15) is 0 Å². The molecule has 2 aliphatic heterocycles. The Hall–Kier alpha value is -0.650. The van der Waals surface area contributed by atoms with Gasteiger partial charge in [0, 0.05) is 12.0 Å². The van der Waals surface area contributed by atoms with Crippen molar-refractivity contribution < 1.29 is 19.7 Å². The highest BCUT2D eigenvalue weighted by Crippen LogP contribution is 2.34. The second kappa shape index (κ2) is 4.08. The molecule has 0 aromatic carbocycles. The quantitative estimate of drug-likeness (QED) is 0.516. The summed E-state index contributed by atoms with van der Waals surface area (Å²) in [6, 6.07) is -0.637. The lowest BCUT2D eigenvalue weighted by Crippen LogP contribution is -2.68. The molecule has 0 aromatic rings. The number of carbonyl (C=O) groups excluding carboxylic acids is 1. The molecule has 5 atom stereocenters. The van der Waals surface area contributed by atoms with Crippen LogP contribution < -0.4 is 5.32 Å². The van der Waals surface area contributed by atoms with Gasteiger partial charge in [0.2, 0.25) is 0 Å².